The van der Waals surface area contributed by atoms with Crippen molar-refractivity contribution < 1.29 is 14.1 Å². The van der Waals surface area contributed by atoms with Crippen molar-refractivity contribution in [3.05, 3.63) is 17.5 Å². The molecule has 0 saturated carbocycles. The van der Waals surface area contributed by atoms with E-state index in [-0.39, 0.29) is 5.92 Å². The van der Waals surface area contributed by atoms with Crippen LogP contribution in [0.5, 0.6) is 0 Å². The van der Waals surface area contributed by atoms with E-state index in [9.17, 15) is 4.79 Å². The molecule has 2 rings (SSSR count). The third-order valence-corrected chi connectivity index (χ3v) is 2.00. The Labute approximate surface area is 69.5 Å². The molecule has 1 aromatic heterocycles. The van der Waals surface area contributed by atoms with Gasteiger partial charge in [-0.2, -0.15) is 0 Å². The molecule has 1 saturated heterocycles. The minimum atomic E-state index is 0.284. The number of carbonyl (C=O) groups excluding carboxylic acids is 1. The molecule has 4 nitrogen and oxygen atoms in total. The van der Waals surface area contributed by atoms with Crippen molar-refractivity contribution >= 4 is 6.29 Å². The first-order valence-corrected chi connectivity index (χ1v) is 3.89. The first kappa shape index (κ1) is 7.49. The standard InChI is InChI=1S/C8H9NO3/c10-4-7-3-8(12-9-7)6-1-2-11-5-6/h3-4,6H,1-2,5H2. The highest BCUT2D eigenvalue weighted by atomic mass is 16.5. The summed E-state index contributed by atoms with van der Waals surface area (Å²) in [6.07, 6.45) is 1.64. The molecule has 1 aromatic rings. The molecule has 0 aromatic carbocycles. The number of carbonyl (C=O) groups is 1. The van der Waals surface area contributed by atoms with Gasteiger partial charge in [-0.05, 0) is 6.42 Å². The highest BCUT2D eigenvalue weighted by Crippen LogP contribution is 2.24. The van der Waals surface area contributed by atoms with E-state index in [1.54, 1.807) is 6.07 Å². The summed E-state index contributed by atoms with van der Waals surface area (Å²) in [5, 5.41) is 3.58. The summed E-state index contributed by atoms with van der Waals surface area (Å²) in [6.45, 7) is 1.44. The minimum Gasteiger partial charge on any atom is -0.381 e. The summed E-state index contributed by atoms with van der Waals surface area (Å²) in [4.78, 5) is 10.3. The lowest BCUT2D eigenvalue weighted by molar-refractivity contribution is 0.111. The van der Waals surface area contributed by atoms with E-state index in [0.717, 1.165) is 18.8 Å². The van der Waals surface area contributed by atoms with Gasteiger partial charge in [-0.15, -0.1) is 0 Å². The molecule has 0 amide bonds. The molecule has 0 N–H and O–H groups in total. The van der Waals surface area contributed by atoms with Gasteiger partial charge < -0.3 is 9.26 Å². The number of aromatic nitrogens is 1. The van der Waals surface area contributed by atoms with Gasteiger partial charge in [-0.1, -0.05) is 5.16 Å². The van der Waals surface area contributed by atoms with Crippen LogP contribution in [0, 0.1) is 0 Å². The quantitative estimate of drug-likeness (QED) is 0.616. The number of ether oxygens (including phenoxy) is 1. The SMILES string of the molecule is O=Cc1cc(C2CCOC2)on1. The minimum absolute atomic E-state index is 0.284. The molecule has 64 valence electrons. The lowest BCUT2D eigenvalue weighted by Crippen LogP contribution is -1.94. The molecule has 0 aliphatic carbocycles. The van der Waals surface area contributed by atoms with E-state index in [2.05, 4.69) is 5.16 Å². The predicted octanol–water partition coefficient (Wildman–Crippen LogP) is 0.991. The van der Waals surface area contributed by atoms with Crippen LogP contribution in [0.1, 0.15) is 28.6 Å². The van der Waals surface area contributed by atoms with Crippen LogP contribution in [-0.4, -0.2) is 24.7 Å². The topological polar surface area (TPSA) is 52.3 Å². The Morgan fingerprint density at radius 3 is 3.17 bits per heavy atom. The zero-order valence-electron chi connectivity index (χ0n) is 6.53. The van der Waals surface area contributed by atoms with E-state index >= 15 is 0 Å². The average molecular weight is 167 g/mol. The van der Waals surface area contributed by atoms with E-state index < -0.39 is 0 Å². The maximum absolute atomic E-state index is 10.3. The molecule has 1 unspecified atom stereocenters. The van der Waals surface area contributed by atoms with Crippen molar-refractivity contribution in [3.8, 4) is 0 Å². The summed E-state index contributed by atoms with van der Waals surface area (Å²) < 4.78 is 10.2. The van der Waals surface area contributed by atoms with Gasteiger partial charge in [0.25, 0.3) is 0 Å². The van der Waals surface area contributed by atoms with Crippen molar-refractivity contribution in [2.45, 2.75) is 12.3 Å². The van der Waals surface area contributed by atoms with Crippen molar-refractivity contribution in [3.63, 3.8) is 0 Å². The van der Waals surface area contributed by atoms with Gasteiger partial charge in [-0.3, -0.25) is 4.79 Å². The molecule has 0 spiro atoms. The van der Waals surface area contributed by atoms with Crippen molar-refractivity contribution in [2.24, 2.45) is 0 Å². The van der Waals surface area contributed by atoms with Gasteiger partial charge in [0, 0.05) is 18.6 Å². The molecule has 0 radical (unpaired) electrons. The Bertz CT molecular complexity index is 276. The Balaban J connectivity index is 2.16. The number of nitrogens with zero attached hydrogens (tertiary/aromatic N) is 1. The largest absolute Gasteiger partial charge is 0.381 e. The average Bonchev–Trinajstić information content (AvgIpc) is 2.75. The van der Waals surface area contributed by atoms with Gasteiger partial charge >= 0.3 is 0 Å². The summed E-state index contributed by atoms with van der Waals surface area (Å²) in [7, 11) is 0. The summed E-state index contributed by atoms with van der Waals surface area (Å²) in [5.74, 6) is 1.04. The van der Waals surface area contributed by atoms with E-state index in [1.807, 2.05) is 0 Å². The number of hydrogen-bond donors (Lipinski definition) is 0. The molecule has 12 heavy (non-hydrogen) atoms. The Hall–Kier alpha value is -1.16. The summed E-state index contributed by atoms with van der Waals surface area (Å²) in [5.41, 5.74) is 0.358. The van der Waals surface area contributed by atoms with E-state index in [1.165, 1.54) is 0 Å². The Kier molecular flexibility index (Phi) is 1.91. The summed E-state index contributed by atoms with van der Waals surface area (Å²) in [6, 6.07) is 1.67. The lowest BCUT2D eigenvalue weighted by Gasteiger charge is -1.98. The van der Waals surface area contributed by atoms with E-state index in [0.29, 0.717) is 18.6 Å². The molecule has 0 bridgehead atoms. The molecule has 1 aliphatic heterocycles. The van der Waals surface area contributed by atoms with Crippen LogP contribution in [-0.2, 0) is 4.74 Å². The number of rotatable bonds is 2. The third-order valence-electron chi connectivity index (χ3n) is 2.00. The number of aldehydes is 1. The van der Waals surface area contributed by atoms with Crippen molar-refractivity contribution in [1.29, 1.82) is 0 Å². The zero-order valence-corrected chi connectivity index (χ0v) is 6.53. The van der Waals surface area contributed by atoms with Gasteiger partial charge in [0.05, 0.1) is 6.61 Å². The van der Waals surface area contributed by atoms with Crippen LogP contribution in [0.25, 0.3) is 0 Å². The molecule has 2 heterocycles. The Morgan fingerprint density at radius 2 is 2.58 bits per heavy atom. The van der Waals surface area contributed by atoms with Crippen molar-refractivity contribution in [1.82, 2.24) is 5.16 Å². The van der Waals surface area contributed by atoms with Crippen LogP contribution in [0.3, 0.4) is 0 Å². The molecule has 1 atom stereocenters. The smallest absolute Gasteiger partial charge is 0.171 e. The molecule has 4 heteroatoms. The van der Waals surface area contributed by atoms with Gasteiger partial charge in [-0.25, -0.2) is 0 Å². The highest BCUT2D eigenvalue weighted by molar-refractivity contribution is 5.71. The molecule has 1 aliphatic rings. The molecular weight excluding hydrogens is 158 g/mol. The second-order valence-electron chi connectivity index (χ2n) is 2.83. The lowest BCUT2D eigenvalue weighted by atomic mass is 10.1. The molecule has 1 fully saturated rings. The van der Waals surface area contributed by atoms with Crippen LogP contribution in [0.2, 0.25) is 0 Å². The number of hydrogen-bond acceptors (Lipinski definition) is 4. The highest BCUT2D eigenvalue weighted by Gasteiger charge is 2.21. The fraction of sp³-hybridized carbons (Fsp3) is 0.500. The van der Waals surface area contributed by atoms with E-state index in [4.69, 9.17) is 9.26 Å². The maximum atomic E-state index is 10.3. The van der Waals surface area contributed by atoms with Crippen LogP contribution < -0.4 is 0 Å². The third kappa shape index (κ3) is 1.25. The van der Waals surface area contributed by atoms with Gasteiger partial charge in [0.15, 0.2) is 6.29 Å². The molecular formula is C8H9NO3. The Morgan fingerprint density at radius 1 is 1.67 bits per heavy atom. The van der Waals surface area contributed by atoms with Gasteiger partial charge in [0.2, 0.25) is 0 Å². The zero-order chi connectivity index (χ0) is 8.39. The first-order valence-electron chi connectivity index (χ1n) is 3.89. The fourth-order valence-corrected chi connectivity index (χ4v) is 1.31. The summed E-state index contributed by atoms with van der Waals surface area (Å²) >= 11 is 0. The second-order valence-corrected chi connectivity index (χ2v) is 2.83. The van der Waals surface area contributed by atoms with Crippen LogP contribution in [0.15, 0.2) is 10.6 Å². The van der Waals surface area contributed by atoms with Crippen LogP contribution >= 0.6 is 0 Å². The normalized spacial score (nSPS) is 22.8. The van der Waals surface area contributed by atoms with Gasteiger partial charge in [0.1, 0.15) is 11.5 Å². The van der Waals surface area contributed by atoms with Crippen LogP contribution in [0.4, 0.5) is 0 Å². The first-order chi connectivity index (χ1) is 5.90. The maximum Gasteiger partial charge on any atom is 0.171 e. The van der Waals surface area contributed by atoms with Crippen molar-refractivity contribution in [2.75, 3.05) is 13.2 Å². The second kappa shape index (κ2) is 3.06. The predicted molar refractivity (Wildman–Crippen MR) is 40.1 cm³/mol. The fourth-order valence-electron chi connectivity index (χ4n) is 1.31. The monoisotopic (exact) mass is 167 g/mol.